The van der Waals surface area contributed by atoms with Gasteiger partial charge in [0.05, 0.1) is 29.4 Å². The molecule has 0 aliphatic carbocycles. The number of hydrogen-bond donors (Lipinski definition) is 2. The second-order valence-corrected chi connectivity index (χ2v) is 3.07. The van der Waals surface area contributed by atoms with E-state index in [0.717, 1.165) is 11.0 Å². The van der Waals surface area contributed by atoms with Crippen LogP contribution in [0.25, 0.3) is 11.0 Å². The summed E-state index contributed by atoms with van der Waals surface area (Å²) in [5.74, 6) is 0. The molecule has 0 bridgehead atoms. The maximum Gasteiger partial charge on any atom is 0.0890 e. The fourth-order valence-electron chi connectivity index (χ4n) is 1.27. The highest BCUT2D eigenvalue weighted by molar-refractivity contribution is 5.73. The fraction of sp³-hybridized carbons (Fsp3) is 0.200. The monoisotopic (exact) mass is 189 g/mol. The fourth-order valence-corrected chi connectivity index (χ4v) is 1.27. The minimum absolute atomic E-state index is 0.0984. The van der Waals surface area contributed by atoms with Crippen molar-refractivity contribution in [2.45, 2.75) is 6.04 Å². The number of rotatable bonds is 2. The minimum Gasteiger partial charge on any atom is -0.394 e. The summed E-state index contributed by atoms with van der Waals surface area (Å²) in [7, 11) is 0. The van der Waals surface area contributed by atoms with Gasteiger partial charge in [-0.3, -0.25) is 4.98 Å². The van der Waals surface area contributed by atoms with E-state index in [1.807, 2.05) is 18.2 Å². The van der Waals surface area contributed by atoms with Gasteiger partial charge in [-0.2, -0.15) is 0 Å². The Bertz CT molecular complexity index is 444. The van der Waals surface area contributed by atoms with E-state index in [4.69, 9.17) is 10.8 Å². The maximum atomic E-state index is 8.88. The first kappa shape index (κ1) is 9.05. The minimum atomic E-state index is -0.417. The van der Waals surface area contributed by atoms with Gasteiger partial charge in [0.25, 0.3) is 0 Å². The lowest BCUT2D eigenvalue weighted by Gasteiger charge is -2.07. The summed E-state index contributed by atoms with van der Waals surface area (Å²) >= 11 is 0. The maximum absolute atomic E-state index is 8.88. The van der Waals surface area contributed by atoms with Crippen LogP contribution in [0.15, 0.2) is 30.5 Å². The van der Waals surface area contributed by atoms with E-state index in [2.05, 4.69) is 9.97 Å². The van der Waals surface area contributed by atoms with Gasteiger partial charge in [0.2, 0.25) is 0 Å². The van der Waals surface area contributed by atoms with Crippen molar-refractivity contribution < 1.29 is 5.11 Å². The third-order valence-corrected chi connectivity index (χ3v) is 2.05. The Morgan fingerprint density at radius 3 is 2.93 bits per heavy atom. The zero-order chi connectivity index (χ0) is 9.97. The van der Waals surface area contributed by atoms with Crippen molar-refractivity contribution in [1.82, 2.24) is 9.97 Å². The largest absolute Gasteiger partial charge is 0.394 e. The summed E-state index contributed by atoms with van der Waals surface area (Å²) in [6.07, 6.45) is 1.72. The molecule has 2 rings (SSSR count). The van der Waals surface area contributed by atoms with Crippen molar-refractivity contribution in [3.05, 3.63) is 36.2 Å². The predicted molar refractivity (Wildman–Crippen MR) is 53.6 cm³/mol. The Kier molecular flexibility index (Phi) is 2.39. The third kappa shape index (κ3) is 1.57. The molecule has 2 aromatic heterocycles. The van der Waals surface area contributed by atoms with Gasteiger partial charge in [0, 0.05) is 6.20 Å². The number of fused-ring (bicyclic) bond motifs is 1. The topological polar surface area (TPSA) is 72.0 Å². The Morgan fingerprint density at radius 2 is 2.14 bits per heavy atom. The van der Waals surface area contributed by atoms with Crippen LogP contribution in [0.3, 0.4) is 0 Å². The zero-order valence-corrected chi connectivity index (χ0v) is 7.59. The quantitative estimate of drug-likeness (QED) is 0.726. The molecule has 2 heterocycles. The molecule has 4 heteroatoms. The number of aliphatic hydroxyl groups is 1. The number of nitrogens with two attached hydrogens (primary N) is 1. The van der Waals surface area contributed by atoms with E-state index in [0.29, 0.717) is 5.69 Å². The molecule has 0 aromatic carbocycles. The van der Waals surface area contributed by atoms with Crippen molar-refractivity contribution >= 4 is 11.0 Å². The van der Waals surface area contributed by atoms with Crippen LogP contribution in [0.4, 0.5) is 0 Å². The summed E-state index contributed by atoms with van der Waals surface area (Å²) in [5, 5.41) is 8.88. The molecular formula is C10H11N3O. The van der Waals surface area contributed by atoms with Gasteiger partial charge in [0.15, 0.2) is 0 Å². The van der Waals surface area contributed by atoms with Crippen molar-refractivity contribution in [2.75, 3.05) is 6.61 Å². The number of hydrogen-bond acceptors (Lipinski definition) is 4. The highest BCUT2D eigenvalue weighted by Crippen LogP contribution is 2.12. The molecule has 3 N–H and O–H groups in total. The summed E-state index contributed by atoms with van der Waals surface area (Å²) in [5.41, 5.74) is 7.97. The average molecular weight is 189 g/mol. The van der Waals surface area contributed by atoms with Crippen molar-refractivity contribution in [3.8, 4) is 0 Å². The molecule has 0 saturated carbocycles. The Hall–Kier alpha value is -1.52. The van der Waals surface area contributed by atoms with Crippen LogP contribution in [0.1, 0.15) is 11.7 Å². The highest BCUT2D eigenvalue weighted by atomic mass is 16.3. The molecule has 72 valence electrons. The van der Waals surface area contributed by atoms with Crippen LogP contribution >= 0.6 is 0 Å². The molecule has 4 nitrogen and oxygen atoms in total. The number of aromatic nitrogens is 2. The van der Waals surface area contributed by atoms with E-state index in [9.17, 15) is 0 Å². The van der Waals surface area contributed by atoms with Gasteiger partial charge in [-0.25, -0.2) is 4.98 Å². The average Bonchev–Trinajstić information content (AvgIpc) is 2.27. The smallest absolute Gasteiger partial charge is 0.0890 e. The van der Waals surface area contributed by atoms with Crippen LogP contribution < -0.4 is 5.73 Å². The van der Waals surface area contributed by atoms with Crippen LogP contribution in [-0.2, 0) is 0 Å². The second-order valence-electron chi connectivity index (χ2n) is 3.07. The molecule has 0 aliphatic heterocycles. The molecule has 0 radical (unpaired) electrons. The standard InChI is InChI=1S/C10H11N3O/c11-7(6-14)8-3-4-9-10(13-8)2-1-5-12-9/h1-5,7,14H,6,11H2/t7-/m0/s1. The molecule has 2 aromatic rings. The lowest BCUT2D eigenvalue weighted by Crippen LogP contribution is -2.15. The van der Waals surface area contributed by atoms with Crippen LogP contribution in [0, 0.1) is 0 Å². The van der Waals surface area contributed by atoms with E-state index >= 15 is 0 Å². The summed E-state index contributed by atoms with van der Waals surface area (Å²) in [4.78, 5) is 8.44. The van der Waals surface area contributed by atoms with Crippen LogP contribution in [0.5, 0.6) is 0 Å². The van der Waals surface area contributed by atoms with Gasteiger partial charge in [-0.15, -0.1) is 0 Å². The van der Waals surface area contributed by atoms with Gasteiger partial charge >= 0.3 is 0 Å². The zero-order valence-electron chi connectivity index (χ0n) is 7.59. The molecule has 14 heavy (non-hydrogen) atoms. The summed E-state index contributed by atoms with van der Waals surface area (Å²) in [6, 6.07) is 6.92. The number of nitrogens with zero attached hydrogens (tertiary/aromatic N) is 2. The van der Waals surface area contributed by atoms with E-state index < -0.39 is 6.04 Å². The molecule has 0 aliphatic rings. The van der Waals surface area contributed by atoms with Gasteiger partial charge in [0.1, 0.15) is 0 Å². The Morgan fingerprint density at radius 1 is 1.29 bits per heavy atom. The first-order valence-corrected chi connectivity index (χ1v) is 4.39. The molecule has 0 amide bonds. The third-order valence-electron chi connectivity index (χ3n) is 2.05. The van der Waals surface area contributed by atoms with Gasteiger partial charge < -0.3 is 10.8 Å². The number of aliphatic hydroxyl groups excluding tert-OH is 1. The van der Waals surface area contributed by atoms with E-state index in [1.54, 1.807) is 12.3 Å². The van der Waals surface area contributed by atoms with Crippen molar-refractivity contribution in [2.24, 2.45) is 5.73 Å². The van der Waals surface area contributed by atoms with Crippen molar-refractivity contribution in [3.63, 3.8) is 0 Å². The number of pyridine rings is 2. The Labute approximate surface area is 81.4 Å². The first-order chi connectivity index (χ1) is 6.81. The van der Waals surface area contributed by atoms with Crippen LogP contribution in [0.2, 0.25) is 0 Å². The molecule has 0 fully saturated rings. The second kappa shape index (κ2) is 3.69. The molecular weight excluding hydrogens is 178 g/mol. The molecule has 1 atom stereocenters. The van der Waals surface area contributed by atoms with Crippen LogP contribution in [-0.4, -0.2) is 21.7 Å². The predicted octanol–water partition coefficient (Wildman–Crippen LogP) is 0.622. The van der Waals surface area contributed by atoms with E-state index in [1.165, 1.54) is 0 Å². The molecule has 0 saturated heterocycles. The normalized spacial score (nSPS) is 13.0. The molecule has 0 unspecified atom stereocenters. The van der Waals surface area contributed by atoms with Gasteiger partial charge in [-0.1, -0.05) is 0 Å². The first-order valence-electron chi connectivity index (χ1n) is 4.39. The SMILES string of the molecule is N[C@@H](CO)c1ccc2ncccc2n1. The van der Waals surface area contributed by atoms with Crippen molar-refractivity contribution in [1.29, 1.82) is 0 Å². The van der Waals surface area contributed by atoms with E-state index in [-0.39, 0.29) is 6.61 Å². The highest BCUT2D eigenvalue weighted by Gasteiger charge is 2.06. The summed E-state index contributed by atoms with van der Waals surface area (Å²) < 4.78 is 0. The molecule has 0 spiro atoms. The lowest BCUT2D eigenvalue weighted by atomic mass is 10.2. The van der Waals surface area contributed by atoms with Gasteiger partial charge in [-0.05, 0) is 24.3 Å². The summed E-state index contributed by atoms with van der Waals surface area (Å²) in [6.45, 7) is -0.0984. The Balaban J connectivity index is 2.51. The lowest BCUT2D eigenvalue weighted by molar-refractivity contribution is 0.266.